The Bertz CT molecular complexity index is 3760. The first kappa shape index (κ1) is 35.7. The van der Waals surface area contributed by atoms with Crippen LogP contribution in [0.2, 0.25) is 0 Å². The smallest absolute Gasteiger partial charge is 0.172 e. The number of fused-ring (bicyclic) bond motifs is 16. The van der Waals surface area contributed by atoms with Crippen LogP contribution in [-0.2, 0) is 9.98 Å². The van der Waals surface area contributed by atoms with Crippen LogP contribution in [0, 0.1) is 0 Å². The zero-order chi connectivity index (χ0) is 42.1. The van der Waals surface area contributed by atoms with Gasteiger partial charge in [-0.1, -0.05) is 194 Å². The van der Waals surface area contributed by atoms with E-state index in [2.05, 4.69) is 187 Å². The molecule has 1 spiro atoms. The monoisotopic (exact) mass is 833 g/mol. The minimum absolute atomic E-state index is 0.638. The molecule has 2 aromatic heterocycles. The summed E-state index contributed by atoms with van der Waals surface area (Å²) >= 11 is 0. The summed E-state index contributed by atoms with van der Waals surface area (Å²) in [5.74, 6) is 0.638. The second-order valence-corrected chi connectivity index (χ2v) is 19.8. The first-order valence-corrected chi connectivity index (χ1v) is 23.6. The molecule has 5 heteroatoms. The third-order valence-electron chi connectivity index (χ3n) is 14.0. The summed E-state index contributed by atoms with van der Waals surface area (Å²) in [6.45, 7) is 0. The zero-order valence-electron chi connectivity index (χ0n) is 34.5. The van der Waals surface area contributed by atoms with Crippen LogP contribution in [0.3, 0.4) is 0 Å². The lowest BCUT2D eigenvalue weighted by Gasteiger charge is -2.39. The minimum atomic E-state index is -3.42. The van der Waals surface area contributed by atoms with Crippen molar-refractivity contribution in [3.63, 3.8) is 0 Å². The van der Waals surface area contributed by atoms with Gasteiger partial charge >= 0.3 is 0 Å². The molecule has 2 atom stereocenters. The number of aromatic nitrogens is 3. The van der Waals surface area contributed by atoms with E-state index in [0.717, 1.165) is 83.1 Å². The van der Waals surface area contributed by atoms with Crippen molar-refractivity contribution in [1.29, 1.82) is 0 Å². The van der Waals surface area contributed by atoms with Gasteiger partial charge < -0.3 is 9.13 Å². The lowest BCUT2D eigenvalue weighted by Crippen LogP contribution is -2.34. The average molecular weight is 834 g/mol. The summed E-state index contributed by atoms with van der Waals surface area (Å²) in [6, 6.07) is 77.2. The van der Waals surface area contributed by atoms with Gasteiger partial charge in [0.25, 0.3) is 0 Å². The quantitative estimate of drug-likeness (QED) is 0.166. The Hall–Kier alpha value is -7.91. The Labute approximate surface area is 370 Å². The molecule has 0 N–H and O–H groups in total. The zero-order valence-corrected chi connectivity index (χ0v) is 35.4. The van der Waals surface area contributed by atoms with Crippen LogP contribution in [0.4, 0.5) is 0 Å². The molecule has 1 aliphatic carbocycles. The fraction of sp³-hybridized carbons (Fsp3) is 0.0169. The van der Waals surface area contributed by atoms with Crippen molar-refractivity contribution < 1.29 is 4.57 Å². The van der Waals surface area contributed by atoms with Gasteiger partial charge in [0.2, 0.25) is 0 Å². The molecule has 4 heterocycles. The predicted octanol–water partition coefficient (Wildman–Crippen LogP) is 12.9. The van der Waals surface area contributed by atoms with Gasteiger partial charge in [-0.2, -0.15) is 0 Å². The largest absolute Gasteiger partial charge is 0.309 e. The highest BCUT2D eigenvalue weighted by atomic mass is 31.2. The van der Waals surface area contributed by atoms with E-state index in [1.807, 2.05) is 36.4 Å². The number of nitrogens with zero attached hydrogens (tertiary/aromatic N) is 3. The Morgan fingerprint density at radius 2 is 1.06 bits per heavy atom. The van der Waals surface area contributed by atoms with Crippen molar-refractivity contribution in [3.05, 3.63) is 241 Å². The first-order valence-electron chi connectivity index (χ1n) is 21.9. The molecule has 3 aliphatic rings. The highest BCUT2D eigenvalue weighted by Gasteiger charge is 2.54. The van der Waals surface area contributed by atoms with E-state index in [0.29, 0.717) is 5.82 Å². The van der Waals surface area contributed by atoms with Crippen LogP contribution in [-0.4, -0.2) is 14.5 Å². The van der Waals surface area contributed by atoms with Crippen LogP contribution < -0.4 is 15.9 Å². The van der Waals surface area contributed by atoms with E-state index < -0.39 is 12.6 Å². The Kier molecular flexibility index (Phi) is 7.28. The summed E-state index contributed by atoms with van der Waals surface area (Å²) in [6.07, 6.45) is 0. The van der Waals surface area contributed by atoms with E-state index in [1.165, 1.54) is 32.9 Å². The molecule has 0 saturated heterocycles. The van der Waals surface area contributed by atoms with E-state index in [1.54, 1.807) is 0 Å². The Morgan fingerprint density at radius 1 is 0.438 bits per heavy atom. The van der Waals surface area contributed by atoms with Gasteiger partial charge in [0.15, 0.2) is 13.0 Å². The minimum Gasteiger partial charge on any atom is -0.309 e. The first-order chi connectivity index (χ1) is 31.6. The van der Waals surface area contributed by atoms with Crippen LogP contribution in [0.5, 0.6) is 0 Å². The summed E-state index contributed by atoms with van der Waals surface area (Å²) in [5.41, 5.74) is 16.3. The van der Waals surface area contributed by atoms with Crippen LogP contribution in [0.15, 0.2) is 218 Å². The predicted molar refractivity (Wildman–Crippen MR) is 262 cm³/mol. The molecule has 64 heavy (non-hydrogen) atoms. The summed E-state index contributed by atoms with van der Waals surface area (Å²) in [7, 11) is -3.42. The highest BCUT2D eigenvalue weighted by molar-refractivity contribution is 7.86. The topological polar surface area (TPSA) is 47.8 Å². The molecule has 0 fully saturated rings. The lowest BCUT2D eigenvalue weighted by atomic mass is 9.65. The molecule has 0 radical (unpaired) electrons. The molecular weight excluding hydrogens is 798 g/mol. The molecule has 9 aromatic carbocycles. The van der Waals surface area contributed by atoms with Gasteiger partial charge in [0.05, 0.1) is 33.5 Å². The standard InChI is InChI=1S/C59H36N3OP/c63-64(40-21-8-3-9-22-40)54-30-15-11-24-42(54)44-32-34-48-55(57(44)64)45-35-39(58-60-50(37-17-4-1-5-18-37)36-51(61-58)38-19-6-2-7-20-38)31-33-46(45)59(48)47-26-12-14-29-53(47)62-52-28-13-10-23-41(52)43-25-16-27-49(59)56(43)62/h1-36H/t59?,64-/m0/s1. The van der Waals surface area contributed by atoms with Gasteiger partial charge in [-0.05, 0) is 68.8 Å². The third kappa shape index (κ3) is 4.55. The van der Waals surface area contributed by atoms with Gasteiger partial charge in [-0.25, -0.2) is 9.97 Å². The van der Waals surface area contributed by atoms with Gasteiger partial charge in [-0.3, -0.25) is 0 Å². The van der Waals surface area contributed by atoms with Crippen molar-refractivity contribution in [3.8, 4) is 61.8 Å². The normalized spacial score (nSPS) is 17.2. The van der Waals surface area contributed by atoms with E-state index in [-0.39, 0.29) is 0 Å². The second kappa shape index (κ2) is 13.1. The number of rotatable bonds is 4. The molecule has 298 valence electrons. The van der Waals surface area contributed by atoms with Gasteiger partial charge in [0, 0.05) is 43.4 Å². The molecule has 0 saturated carbocycles. The molecule has 0 amide bonds. The van der Waals surface area contributed by atoms with Crippen LogP contribution in [0.1, 0.15) is 22.3 Å². The van der Waals surface area contributed by atoms with E-state index in [9.17, 15) is 0 Å². The summed E-state index contributed by atoms with van der Waals surface area (Å²) in [5, 5.41) is 5.08. The van der Waals surface area contributed by atoms with Gasteiger partial charge in [0.1, 0.15) is 0 Å². The maximum absolute atomic E-state index is 16.8. The molecule has 2 aliphatic heterocycles. The molecule has 4 nitrogen and oxygen atoms in total. The van der Waals surface area contributed by atoms with Gasteiger partial charge in [-0.15, -0.1) is 0 Å². The molecule has 14 rings (SSSR count). The van der Waals surface area contributed by atoms with Crippen molar-refractivity contribution in [2.45, 2.75) is 5.41 Å². The van der Waals surface area contributed by atoms with Crippen molar-refractivity contribution in [1.82, 2.24) is 14.5 Å². The molecule has 0 bridgehead atoms. The molecule has 11 aromatic rings. The summed E-state index contributed by atoms with van der Waals surface area (Å²) in [4.78, 5) is 10.6. The number of hydrogen-bond donors (Lipinski definition) is 0. The molecular formula is C59H36N3OP. The second-order valence-electron chi connectivity index (χ2n) is 17.1. The third-order valence-corrected chi connectivity index (χ3v) is 17.2. The maximum Gasteiger partial charge on any atom is 0.172 e. The highest BCUT2D eigenvalue weighted by Crippen LogP contribution is 2.65. The average Bonchev–Trinajstić information content (AvgIpc) is 3.96. The lowest BCUT2D eigenvalue weighted by molar-refractivity contribution is 0.593. The van der Waals surface area contributed by atoms with Crippen molar-refractivity contribution in [2.75, 3.05) is 0 Å². The fourth-order valence-electron chi connectivity index (χ4n) is 11.5. The number of para-hydroxylation sites is 3. The summed E-state index contributed by atoms with van der Waals surface area (Å²) < 4.78 is 19.3. The molecule has 1 unspecified atom stereocenters. The van der Waals surface area contributed by atoms with Crippen LogP contribution >= 0.6 is 7.14 Å². The van der Waals surface area contributed by atoms with E-state index in [4.69, 9.17) is 9.97 Å². The number of hydrogen-bond acceptors (Lipinski definition) is 3. The fourth-order valence-corrected chi connectivity index (χ4v) is 14.7. The van der Waals surface area contributed by atoms with E-state index >= 15 is 4.57 Å². The van der Waals surface area contributed by atoms with Crippen molar-refractivity contribution >= 4 is 44.9 Å². The SMILES string of the molecule is O=[P@@]1(c2ccccc2)c2ccccc2-c2ccc3c(c21)-c1cc(-c2nc(-c4ccccc4)cc(-c4ccccc4)n2)ccc1C31c2ccccc2-n2c3ccccc3c3cccc1c32. The van der Waals surface area contributed by atoms with Crippen LogP contribution in [0.25, 0.3) is 83.6 Å². The number of benzene rings is 9. The Morgan fingerprint density at radius 3 is 1.84 bits per heavy atom. The maximum atomic E-state index is 16.8. The van der Waals surface area contributed by atoms with Crippen molar-refractivity contribution in [2.24, 2.45) is 0 Å². The Balaban J connectivity index is 1.13.